The molecule has 0 saturated carbocycles. The van der Waals surface area contributed by atoms with E-state index in [2.05, 4.69) is 0 Å². The maximum absolute atomic E-state index is 13.2. The number of phenolic OH excluding ortho intramolecular Hbond substituents is 4. The Kier molecular flexibility index (Phi) is 6.32. The molecular weight excluding hydrogens is 456 g/mol. The molecular formula is C26H20O9. The third-order valence-corrected chi connectivity index (χ3v) is 5.07. The number of phenols is 4. The molecule has 3 aromatic carbocycles. The molecule has 0 atom stereocenters. The number of rotatable bonds is 7. The highest BCUT2D eigenvalue weighted by Crippen LogP contribution is 2.36. The van der Waals surface area contributed by atoms with Crippen molar-refractivity contribution in [2.75, 3.05) is 13.7 Å². The van der Waals surface area contributed by atoms with Gasteiger partial charge in [-0.05, 0) is 48.0 Å². The van der Waals surface area contributed by atoms with Crippen LogP contribution in [0.1, 0.15) is 5.56 Å². The summed E-state index contributed by atoms with van der Waals surface area (Å²) in [6.07, 6.45) is 2.73. The van der Waals surface area contributed by atoms with Crippen LogP contribution in [0.15, 0.2) is 69.9 Å². The number of hydrogen-bond acceptors (Lipinski definition) is 9. The van der Waals surface area contributed by atoms with Crippen molar-refractivity contribution in [1.82, 2.24) is 0 Å². The number of ether oxygens (including phenoxy) is 2. The Morgan fingerprint density at radius 2 is 1.69 bits per heavy atom. The first-order valence-electron chi connectivity index (χ1n) is 10.3. The summed E-state index contributed by atoms with van der Waals surface area (Å²) in [7, 11) is 1.40. The van der Waals surface area contributed by atoms with E-state index in [1.54, 1.807) is 12.1 Å². The first kappa shape index (κ1) is 23.2. The number of hydrogen-bond donors (Lipinski definition) is 4. The molecule has 0 bridgehead atoms. The van der Waals surface area contributed by atoms with Crippen molar-refractivity contribution in [3.63, 3.8) is 0 Å². The topological polar surface area (TPSA) is 147 Å². The van der Waals surface area contributed by atoms with E-state index < -0.39 is 23.6 Å². The average Bonchev–Trinajstić information content (AvgIpc) is 2.82. The van der Waals surface area contributed by atoms with Crippen molar-refractivity contribution >= 4 is 22.8 Å². The van der Waals surface area contributed by atoms with Crippen LogP contribution in [-0.4, -0.2) is 39.9 Å². The first-order valence-corrected chi connectivity index (χ1v) is 10.3. The fourth-order valence-corrected chi connectivity index (χ4v) is 3.38. The zero-order chi connectivity index (χ0) is 25.1. The van der Waals surface area contributed by atoms with Crippen LogP contribution in [0.4, 0.5) is 0 Å². The molecule has 178 valence electrons. The van der Waals surface area contributed by atoms with Gasteiger partial charge in [-0.2, -0.15) is 0 Å². The smallest absolute Gasteiger partial charge is 0.239 e. The van der Waals surface area contributed by atoms with Gasteiger partial charge in [-0.15, -0.1) is 0 Å². The Morgan fingerprint density at radius 3 is 2.40 bits per heavy atom. The number of benzene rings is 3. The van der Waals surface area contributed by atoms with Gasteiger partial charge in [0.1, 0.15) is 28.2 Å². The second-order valence-electron chi connectivity index (χ2n) is 7.49. The number of methoxy groups -OCH3 is 1. The second kappa shape index (κ2) is 9.52. The summed E-state index contributed by atoms with van der Waals surface area (Å²) in [4.78, 5) is 25.6. The van der Waals surface area contributed by atoms with Crippen molar-refractivity contribution in [1.29, 1.82) is 0 Å². The van der Waals surface area contributed by atoms with Crippen LogP contribution in [0, 0.1) is 0 Å². The molecule has 1 heterocycles. The lowest BCUT2D eigenvalue weighted by Crippen LogP contribution is -2.15. The molecule has 4 rings (SSSR count). The van der Waals surface area contributed by atoms with Crippen molar-refractivity contribution < 1.29 is 39.1 Å². The lowest BCUT2D eigenvalue weighted by atomic mass is 10.1. The standard InChI is InChI=1S/C26H20O9/c1-33-21-10-14(3-9-19(21)30)2-6-17(28)13-34-26-24(32)23-20(31)11-18(29)12-22(23)35-25(26)15-4-7-16(27)8-5-15/h2-12,27,29-31H,13H2,1H3/b6-2+. The lowest BCUT2D eigenvalue weighted by molar-refractivity contribution is -0.116. The van der Waals surface area contributed by atoms with Gasteiger partial charge in [-0.3, -0.25) is 9.59 Å². The van der Waals surface area contributed by atoms with Crippen LogP contribution in [0.3, 0.4) is 0 Å². The number of carbonyl (C=O) groups excluding carboxylic acids is 1. The van der Waals surface area contributed by atoms with Crippen molar-refractivity contribution in [3.8, 4) is 45.8 Å². The quantitative estimate of drug-likeness (QED) is 0.291. The summed E-state index contributed by atoms with van der Waals surface area (Å²) in [5.41, 5.74) is 0.119. The van der Waals surface area contributed by atoms with Crippen LogP contribution < -0.4 is 14.9 Å². The molecule has 9 heteroatoms. The Balaban J connectivity index is 1.68. The van der Waals surface area contributed by atoms with E-state index in [1.807, 2.05) is 0 Å². The lowest BCUT2D eigenvalue weighted by Gasteiger charge is -2.12. The van der Waals surface area contributed by atoms with E-state index >= 15 is 0 Å². The second-order valence-corrected chi connectivity index (χ2v) is 7.49. The SMILES string of the molecule is COc1cc(/C=C/C(=O)COc2c(-c3ccc(O)cc3)oc3cc(O)cc(O)c3c2=O)ccc1O. The largest absolute Gasteiger partial charge is 0.508 e. The van der Waals surface area contributed by atoms with Crippen molar-refractivity contribution in [3.05, 3.63) is 76.5 Å². The predicted octanol–water partition coefficient (Wildman–Crippen LogP) is 3.95. The third kappa shape index (κ3) is 4.88. The maximum atomic E-state index is 13.2. The van der Waals surface area contributed by atoms with E-state index in [0.717, 1.165) is 6.07 Å². The first-order chi connectivity index (χ1) is 16.8. The van der Waals surface area contributed by atoms with Gasteiger partial charge in [-0.1, -0.05) is 12.1 Å². The monoisotopic (exact) mass is 476 g/mol. The predicted molar refractivity (Wildman–Crippen MR) is 127 cm³/mol. The number of ketones is 1. The Bertz CT molecular complexity index is 1500. The third-order valence-electron chi connectivity index (χ3n) is 5.07. The van der Waals surface area contributed by atoms with Crippen LogP contribution in [0.5, 0.6) is 34.5 Å². The highest BCUT2D eigenvalue weighted by atomic mass is 16.5. The molecule has 0 saturated heterocycles. The van der Waals surface area contributed by atoms with Crippen LogP contribution >= 0.6 is 0 Å². The molecule has 1 aromatic heterocycles. The van der Waals surface area contributed by atoms with Gasteiger partial charge in [0.25, 0.3) is 0 Å². The summed E-state index contributed by atoms with van der Waals surface area (Å²) < 4.78 is 16.4. The normalized spacial score (nSPS) is 11.1. The summed E-state index contributed by atoms with van der Waals surface area (Å²) in [6.45, 7) is -0.522. The van der Waals surface area contributed by atoms with Gasteiger partial charge in [-0.25, -0.2) is 0 Å². The molecule has 0 fully saturated rings. The van der Waals surface area contributed by atoms with Crippen molar-refractivity contribution in [2.24, 2.45) is 0 Å². The van der Waals surface area contributed by atoms with Crippen LogP contribution in [0.2, 0.25) is 0 Å². The Labute approximate surface area is 198 Å². The molecule has 0 aliphatic carbocycles. The van der Waals surface area contributed by atoms with E-state index in [1.165, 1.54) is 55.7 Å². The summed E-state index contributed by atoms with van der Waals surface area (Å²) >= 11 is 0. The van der Waals surface area contributed by atoms with Gasteiger partial charge in [0.15, 0.2) is 29.6 Å². The minimum absolute atomic E-state index is 0.0131. The minimum atomic E-state index is -0.744. The summed E-state index contributed by atoms with van der Waals surface area (Å²) in [6, 6.07) is 12.4. The highest BCUT2D eigenvalue weighted by molar-refractivity contribution is 5.95. The molecule has 0 spiro atoms. The fraction of sp³-hybridized carbons (Fsp3) is 0.0769. The Morgan fingerprint density at radius 1 is 0.943 bits per heavy atom. The van der Waals surface area contributed by atoms with E-state index in [4.69, 9.17) is 13.9 Å². The van der Waals surface area contributed by atoms with Gasteiger partial charge < -0.3 is 34.3 Å². The maximum Gasteiger partial charge on any atom is 0.239 e. The average molecular weight is 476 g/mol. The zero-order valence-electron chi connectivity index (χ0n) is 18.4. The summed E-state index contributed by atoms with van der Waals surface area (Å²) in [5.74, 6) is -1.48. The van der Waals surface area contributed by atoms with Gasteiger partial charge in [0.2, 0.25) is 11.2 Å². The summed E-state index contributed by atoms with van der Waals surface area (Å²) in [5, 5.41) is 39.0. The fourth-order valence-electron chi connectivity index (χ4n) is 3.38. The Hall–Kier alpha value is -4.92. The minimum Gasteiger partial charge on any atom is -0.508 e. The van der Waals surface area contributed by atoms with E-state index in [-0.39, 0.29) is 45.5 Å². The highest BCUT2D eigenvalue weighted by Gasteiger charge is 2.21. The van der Waals surface area contributed by atoms with Gasteiger partial charge in [0.05, 0.1) is 7.11 Å². The molecule has 0 amide bonds. The van der Waals surface area contributed by atoms with Crippen LogP contribution in [-0.2, 0) is 4.79 Å². The van der Waals surface area contributed by atoms with Crippen molar-refractivity contribution in [2.45, 2.75) is 0 Å². The van der Waals surface area contributed by atoms with Gasteiger partial charge in [0, 0.05) is 17.7 Å². The number of carbonyl (C=O) groups is 1. The number of aromatic hydroxyl groups is 4. The van der Waals surface area contributed by atoms with Crippen LogP contribution in [0.25, 0.3) is 28.4 Å². The van der Waals surface area contributed by atoms with E-state index in [0.29, 0.717) is 11.1 Å². The number of fused-ring (bicyclic) bond motifs is 1. The van der Waals surface area contributed by atoms with Gasteiger partial charge >= 0.3 is 0 Å². The molecule has 0 radical (unpaired) electrons. The molecule has 4 aromatic rings. The molecule has 0 unspecified atom stereocenters. The molecule has 0 aliphatic rings. The molecule has 9 nitrogen and oxygen atoms in total. The zero-order valence-corrected chi connectivity index (χ0v) is 18.4. The molecule has 0 aliphatic heterocycles. The molecule has 35 heavy (non-hydrogen) atoms. The molecule has 4 N–H and O–H groups in total. The van der Waals surface area contributed by atoms with E-state index in [9.17, 15) is 30.0 Å².